The third-order valence-electron chi connectivity index (χ3n) is 8.05. The van der Waals surface area contributed by atoms with Crippen molar-refractivity contribution in [3.63, 3.8) is 0 Å². The van der Waals surface area contributed by atoms with Crippen LogP contribution in [0.4, 0.5) is 22.7 Å². The quantitative estimate of drug-likeness (QED) is 0.0740. The van der Waals surface area contributed by atoms with Crippen molar-refractivity contribution in [2.75, 3.05) is 28.2 Å². The molecular weight excluding hydrogens is 564 g/mol. The Morgan fingerprint density at radius 1 is 0.622 bits per heavy atom. The number of nitrogens with one attached hydrogen (secondary N) is 1. The summed E-state index contributed by atoms with van der Waals surface area (Å²) in [6.45, 7) is 2.66. The number of unbranched alkanes of at least 4 members (excludes halogenated alkanes) is 13. The zero-order valence-corrected chi connectivity index (χ0v) is 26.7. The highest BCUT2D eigenvalue weighted by molar-refractivity contribution is 6.08. The van der Waals surface area contributed by atoms with Gasteiger partial charge in [0.25, 0.3) is 11.8 Å². The molecule has 0 aliphatic heterocycles. The molecule has 0 saturated carbocycles. The standard InChI is InChI=1S/C37H50N4O4/c1-2-3-4-5-6-7-8-9-10-11-12-13-14-15-24-41(36(43)29-18-22-32(39)23-19-29)34-26-30(37(44)45)25-33(27-34)40-35(42)28-16-20-31(38)21-17-28/h16-23,25-27H,2-15,24,38-39H2,1H3,(H,40,42)(H,44,45). The van der Waals surface area contributed by atoms with E-state index >= 15 is 0 Å². The Morgan fingerprint density at radius 3 is 1.58 bits per heavy atom. The molecule has 0 bridgehead atoms. The summed E-state index contributed by atoms with van der Waals surface area (Å²) in [5.41, 5.74) is 14.1. The largest absolute Gasteiger partial charge is 0.478 e. The molecule has 0 aliphatic carbocycles. The molecule has 0 aliphatic rings. The molecule has 6 N–H and O–H groups in total. The lowest BCUT2D eigenvalue weighted by molar-refractivity contribution is 0.0696. The van der Waals surface area contributed by atoms with Crippen LogP contribution >= 0.6 is 0 Å². The van der Waals surface area contributed by atoms with E-state index in [2.05, 4.69) is 12.2 Å². The first-order chi connectivity index (χ1) is 21.8. The number of carboxylic acid groups (broad SMARTS) is 1. The first-order valence-electron chi connectivity index (χ1n) is 16.5. The maximum absolute atomic E-state index is 13.7. The van der Waals surface area contributed by atoms with Crippen LogP contribution in [0.3, 0.4) is 0 Å². The molecule has 0 saturated heterocycles. The van der Waals surface area contributed by atoms with Gasteiger partial charge in [-0.2, -0.15) is 0 Å². The number of hydrogen-bond donors (Lipinski definition) is 4. The molecule has 0 aromatic heterocycles. The number of carbonyl (C=O) groups excluding carboxylic acids is 2. The first-order valence-corrected chi connectivity index (χ1v) is 16.5. The fraction of sp³-hybridized carbons (Fsp3) is 0.432. The van der Waals surface area contributed by atoms with E-state index in [9.17, 15) is 19.5 Å². The van der Waals surface area contributed by atoms with Crippen LogP contribution in [0.2, 0.25) is 0 Å². The van der Waals surface area contributed by atoms with Crippen LogP contribution in [0.25, 0.3) is 0 Å². The Bertz CT molecular complexity index is 1360. The summed E-state index contributed by atoms with van der Waals surface area (Å²) in [5, 5.41) is 12.6. The minimum Gasteiger partial charge on any atom is -0.478 e. The van der Waals surface area contributed by atoms with E-state index in [1.807, 2.05) is 0 Å². The highest BCUT2D eigenvalue weighted by atomic mass is 16.4. The van der Waals surface area contributed by atoms with Crippen molar-refractivity contribution < 1.29 is 19.5 Å². The van der Waals surface area contributed by atoms with Gasteiger partial charge >= 0.3 is 5.97 Å². The number of hydrogen-bond acceptors (Lipinski definition) is 5. The fourth-order valence-corrected chi connectivity index (χ4v) is 5.39. The lowest BCUT2D eigenvalue weighted by Gasteiger charge is -2.24. The van der Waals surface area contributed by atoms with Crippen molar-refractivity contribution in [2.24, 2.45) is 0 Å². The number of anilines is 4. The third-order valence-corrected chi connectivity index (χ3v) is 8.05. The Labute approximate surface area is 268 Å². The summed E-state index contributed by atoms with van der Waals surface area (Å²) in [7, 11) is 0. The van der Waals surface area contributed by atoms with E-state index in [1.165, 1.54) is 76.3 Å². The molecule has 0 radical (unpaired) electrons. The van der Waals surface area contributed by atoms with Crippen LogP contribution < -0.4 is 21.7 Å². The number of nitrogens with zero attached hydrogens (tertiary/aromatic N) is 1. The molecule has 0 unspecified atom stereocenters. The first kappa shape index (κ1) is 35.2. The van der Waals surface area contributed by atoms with Gasteiger partial charge in [-0.1, -0.05) is 90.4 Å². The predicted octanol–water partition coefficient (Wildman–Crippen LogP) is 8.93. The molecule has 2 amide bonds. The highest BCUT2D eigenvalue weighted by Crippen LogP contribution is 2.26. The lowest BCUT2D eigenvalue weighted by Crippen LogP contribution is -2.32. The van der Waals surface area contributed by atoms with Crippen molar-refractivity contribution in [1.29, 1.82) is 0 Å². The van der Waals surface area contributed by atoms with Crippen LogP contribution in [-0.4, -0.2) is 29.4 Å². The number of carboxylic acids is 1. The molecular formula is C37H50N4O4. The van der Waals surface area contributed by atoms with Crippen molar-refractivity contribution in [1.82, 2.24) is 0 Å². The molecule has 0 atom stereocenters. The Morgan fingerprint density at radius 2 is 1.09 bits per heavy atom. The van der Waals surface area contributed by atoms with Gasteiger partial charge in [-0.05, 0) is 73.2 Å². The second-order valence-electron chi connectivity index (χ2n) is 11.8. The molecule has 0 heterocycles. The maximum Gasteiger partial charge on any atom is 0.335 e. The van der Waals surface area contributed by atoms with E-state index in [0.717, 1.165) is 25.7 Å². The Kier molecular flexibility index (Phi) is 15.0. The van der Waals surface area contributed by atoms with Crippen LogP contribution in [0, 0.1) is 0 Å². The van der Waals surface area contributed by atoms with E-state index in [1.54, 1.807) is 59.5 Å². The zero-order valence-electron chi connectivity index (χ0n) is 26.7. The zero-order chi connectivity index (χ0) is 32.4. The van der Waals surface area contributed by atoms with Gasteiger partial charge in [0.15, 0.2) is 0 Å². The summed E-state index contributed by atoms with van der Waals surface area (Å²) in [5.74, 6) is -1.83. The van der Waals surface area contributed by atoms with E-state index in [4.69, 9.17) is 11.5 Å². The van der Waals surface area contributed by atoms with Gasteiger partial charge in [-0.3, -0.25) is 9.59 Å². The molecule has 3 aromatic rings. The number of aromatic carboxylic acids is 1. The maximum atomic E-state index is 13.7. The van der Waals surface area contributed by atoms with Gasteiger partial charge in [0.05, 0.1) is 5.56 Å². The van der Waals surface area contributed by atoms with Crippen molar-refractivity contribution in [3.05, 3.63) is 83.4 Å². The number of amides is 2. The van der Waals surface area contributed by atoms with Gasteiger partial charge in [0.1, 0.15) is 0 Å². The molecule has 3 rings (SSSR count). The predicted molar refractivity (Wildman–Crippen MR) is 185 cm³/mol. The highest BCUT2D eigenvalue weighted by Gasteiger charge is 2.21. The minimum absolute atomic E-state index is 0.0313. The topological polar surface area (TPSA) is 139 Å². The van der Waals surface area contributed by atoms with Gasteiger partial charge in [-0.25, -0.2) is 4.79 Å². The smallest absolute Gasteiger partial charge is 0.335 e. The van der Waals surface area contributed by atoms with Crippen LogP contribution in [-0.2, 0) is 0 Å². The molecule has 3 aromatic carbocycles. The molecule has 45 heavy (non-hydrogen) atoms. The van der Waals surface area contributed by atoms with E-state index in [-0.39, 0.29) is 17.2 Å². The Balaban J connectivity index is 1.62. The monoisotopic (exact) mass is 614 g/mol. The van der Waals surface area contributed by atoms with Gasteiger partial charge in [0.2, 0.25) is 0 Å². The molecule has 0 fully saturated rings. The molecule has 8 nitrogen and oxygen atoms in total. The molecule has 0 spiro atoms. The van der Waals surface area contributed by atoms with Crippen molar-refractivity contribution in [2.45, 2.75) is 96.8 Å². The molecule has 8 heteroatoms. The van der Waals surface area contributed by atoms with E-state index < -0.39 is 11.9 Å². The van der Waals surface area contributed by atoms with E-state index in [0.29, 0.717) is 34.7 Å². The summed E-state index contributed by atoms with van der Waals surface area (Å²) in [6.07, 6.45) is 17.2. The minimum atomic E-state index is -1.16. The third kappa shape index (κ3) is 12.3. The number of rotatable bonds is 20. The summed E-state index contributed by atoms with van der Waals surface area (Å²) >= 11 is 0. The van der Waals surface area contributed by atoms with Gasteiger partial charge < -0.3 is 26.8 Å². The van der Waals surface area contributed by atoms with Crippen LogP contribution in [0.15, 0.2) is 66.7 Å². The lowest BCUT2D eigenvalue weighted by atomic mass is 10.0. The average molecular weight is 615 g/mol. The normalized spacial score (nSPS) is 10.9. The Hall–Kier alpha value is -4.33. The summed E-state index contributed by atoms with van der Waals surface area (Å²) in [4.78, 5) is 40.3. The number of nitrogens with two attached hydrogens (primary N) is 2. The number of benzene rings is 3. The SMILES string of the molecule is CCCCCCCCCCCCCCCCN(C(=O)c1ccc(N)cc1)c1cc(NC(=O)c2ccc(N)cc2)cc(C(=O)O)c1. The van der Waals surface area contributed by atoms with Crippen molar-refractivity contribution >= 4 is 40.5 Å². The molecule has 242 valence electrons. The number of carbonyl (C=O) groups is 3. The van der Waals surface area contributed by atoms with Crippen LogP contribution in [0.1, 0.15) is 128 Å². The second-order valence-corrected chi connectivity index (χ2v) is 11.8. The fourth-order valence-electron chi connectivity index (χ4n) is 5.39. The van der Waals surface area contributed by atoms with Crippen molar-refractivity contribution in [3.8, 4) is 0 Å². The van der Waals surface area contributed by atoms with Gasteiger partial charge in [0, 0.05) is 40.4 Å². The van der Waals surface area contributed by atoms with Crippen LogP contribution in [0.5, 0.6) is 0 Å². The summed E-state index contributed by atoms with van der Waals surface area (Å²) in [6, 6.07) is 17.6. The van der Waals surface area contributed by atoms with Gasteiger partial charge in [-0.15, -0.1) is 0 Å². The number of nitrogen functional groups attached to an aromatic ring is 2. The average Bonchev–Trinajstić information content (AvgIpc) is 3.03. The second kappa shape index (κ2) is 19.1. The summed E-state index contributed by atoms with van der Waals surface area (Å²) < 4.78 is 0.